The van der Waals surface area contributed by atoms with E-state index < -0.39 is 5.60 Å². The second-order valence-corrected chi connectivity index (χ2v) is 7.77. The molecule has 24 heavy (non-hydrogen) atoms. The van der Waals surface area contributed by atoms with Crippen molar-refractivity contribution in [2.24, 2.45) is 5.92 Å². The lowest BCUT2D eigenvalue weighted by molar-refractivity contribution is -0.127. The lowest BCUT2D eigenvalue weighted by Gasteiger charge is -2.37. The summed E-state index contributed by atoms with van der Waals surface area (Å²) in [5.41, 5.74) is 0.595. The Labute approximate surface area is 145 Å². The third-order valence-electron chi connectivity index (χ3n) is 5.61. The summed E-state index contributed by atoms with van der Waals surface area (Å²) in [6, 6.07) is 10.8. The molecule has 132 valence electrons. The van der Waals surface area contributed by atoms with E-state index >= 15 is 0 Å². The van der Waals surface area contributed by atoms with Crippen LogP contribution in [0.4, 0.5) is 0 Å². The summed E-state index contributed by atoms with van der Waals surface area (Å²) in [6.45, 7) is 5.20. The number of nitrogens with zero attached hydrogens (tertiary/aromatic N) is 1. The van der Waals surface area contributed by atoms with Gasteiger partial charge in [-0.1, -0.05) is 50.1 Å². The summed E-state index contributed by atoms with van der Waals surface area (Å²) < 4.78 is 0. The SMILES string of the molecule is CC1CN(Cc2ccccc2)CCC1NC(=O)CC1(O)CCCC1. The molecule has 0 bridgehead atoms. The van der Waals surface area contributed by atoms with E-state index in [9.17, 15) is 9.90 Å². The maximum absolute atomic E-state index is 12.3. The van der Waals surface area contributed by atoms with Crippen molar-refractivity contribution in [2.75, 3.05) is 13.1 Å². The predicted octanol–water partition coefficient (Wildman–Crippen LogP) is 2.71. The zero-order valence-corrected chi connectivity index (χ0v) is 14.7. The minimum atomic E-state index is -0.749. The molecule has 1 heterocycles. The van der Waals surface area contributed by atoms with Gasteiger partial charge in [0.2, 0.25) is 5.91 Å². The van der Waals surface area contributed by atoms with Crippen LogP contribution < -0.4 is 5.32 Å². The Bertz CT molecular complexity index is 540. The molecule has 1 aliphatic carbocycles. The van der Waals surface area contributed by atoms with Gasteiger partial charge in [0.05, 0.1) is 12.0 Å². The maximum Gasteiger partial charge on any atom is 0.223 e. The first kappa shape index (κ1) is 17.4. The number of aliphatic hydroxyl groups is 1. The summed E-state index contributed by atoms with van der Waals surface area (Å²) in [6.07, 6.45) is 4.87. The van der Waals surface area contributed by atoms with E-state index in [0.29, 0.717) is 5.92 Å². The van der Waals surface area contributed by atoms with Gasteiger partial charge in [0.25, 0.3) is 0 Å². The average molecular weight is 330 g/mol. The Kier molecular flexibility index (Phi) is 5.57. The molecule has 1 saturated carbocycles. The Balaban J connectivity index is 1.46. The topological polar surface area (TPSA) is 52.6 Å². The highest BCUT2D eigenvalue weighted by Gasteiger charge is 2.35. The molecule has 0 spiro atoms. The van der Waals surface area contributed by atoms with Crippen LogP contribution in [0.1, 0.15) is 51.0 Å². The van der Waals surface area contributed by atoms with Gasteiger partial charge in [0, 0.05) is 25.7 Å². The number of benzene rings is 1. The Morgan fingerprint density at radius 2 is 2.00 bits per heavy atom. The van der Waals surface area contributed by atoms with E-state index in [0.717, 1.165) is 51.7 Å². The third kappa shape index (κ3) is 4.58. The van der Waals surface area contributed by atoms with Gasteiger partial charge in [-0.25, -0.2) is 0 Å². The van der Waals surface area contributed by atoms with Crippen LogP contribution in [0.15, 0.2) is 30.3 Å². The van der Waals surface area contributed by atoms with Crippen molar-refractivity contribution in [3.05, 3.63) is 35.9 Å². The van der Waals surface area contributed by atoms with Gasteiger partial charge in [-0.2, -0.15) is 0 Å². The second kappa shape index (κ2) is 7.66. The molecule has 0 aromatic heterocycles. The lowest BCUT2D eigenvalue weighted by Crippen LogP contribution is -2.50. The number of hydrogen-bond donors (Lipinski definition) is 2. The first-order valence-electron chi connectivity index (χ1n) is 9.32. The lowest BCUT2D eigenvalue weighted by atomic mass is 9.92. The van der Waals surface area contributed by atoms with Crippen LogP contribution in [-0.2, 0) is 11.3 Å². The molecule has 2 N–H and O–H groups in total. The van der Waals surface area contributed by atoms with Gasteiger partial charge in [0.1, 0.15) is 0 Å². The first-order valence-corrected chi connectivity index (χ1v) is 9.32. The fraction of sp³-hybridized carbons (Fsp3) is 0.650. The molecule has 2 atom stereocenters. The second-order valence-electron chi connectivity index (χ2n) is 7.77. The molecule has 1 amide bonds. The Morgan fingerprint density at radius 1 is 1.29 bits per heavy atom. The van der Waals surface area contributed by atoms with Crippen molar-refractivity contribution < 1.29 is 9.90 Å². The number of carbonyl (C=O) groups is 1. The summed E-state index contributed by atoms with van der Waals surface area (Å²) in [7, 11) is 0. The largest absolute Gasteiger partial charge is 0.389 e. The highest BCUT2D eigenvalue weighted by molar-refractivity contribution is 5.77. The number of nitrogens with one attached hydrogen (secondary N) is 1. The molecule has 1 aliphatic heterocycles. The van der Waals surface area contributed by atoms with Crippen molar-refractivity contribution in [1.82, 2.24) is 10.2 Å². The number of amides is 1. The van der Waals surface area contributed by atoms with Gasteiger partial charge in [-0.05, 0) is 30.7 Å². The average Bonchev–Trinajstić information content (AvgIpc) is 2.97. The van der Waals surface area contributed by atoms with Crippen LogP contribution in [0.5, 0.6) is 0 Å². The molecular formula is C20H30N2O2. The third-order valence-corrected chi connectivity index (χ3v) is 5.61. The zero-order valence-electron chi connectivity index (χ0n) is 14.7. The van der Waals surface area contributed by atoms with Crippen LogP contribution >= 0.6 is 0 Å². The van der Waals surface area contributed by atoms with Gasteiger partial charge in [-0.3, -0.25) is 9.69 Å². The normalized spacial score (nSPS) is 27.1. The molecule has 3 rings (SSSR count). The molecule has 2 unspecified atom stereocenters. The predicted molar refractivity (Wildman–Crippen MR) is 95.5 cm³/mol. The molecule has 2 aliphatic rings. The van der Waals surface area contributed by atoms with Crippen molar-refractivity contribution in [1.29, 1.82) is 0 Å². The number of carbonyl (C=O) groups excluding carboxylic acids is 1. The first-order chi connectivity index (χ1) is 11.5. The van der Waals surface area contributed by atoms with E-state index in [1.165, 1.54) is 5.56 Å². The van der Waals surface area contributed by atoms with E-state index in [1.54, 1.807) is 0 Å². The quantitative estimate of drug-likeness (QED) is 0.873. The minimum Gasteiger partial charge on any atom is -0.389 e. The minimum absolute atomic E-state index is 0.0211. The Morgan fingerprint density at radius 3 is 2.67 bits per heavy atom. The van der Waals surface area contributed by atoms with Crippen LogP contribution in [0, 0.1) is 5.92 Å². The maximum atomic E-state index is 12.3. The summed E-state index contributed by atoms with van der Waals surface area (Å²) >= 11 is 0. The van der Waals surface area contributed by atoms with Gasteiger partial charge in [0.15, 0.2) is 0 Å². The molecule has 1 aromatic rings. The number of hydrogen-bond acceptors (Lipinski definition) is 3. The van der Waals surface area contributed by atoms with Crippen molar-refractivity contribution in [2.45, 2.75) is 63.6 Å². The van der Waals surface area contributed by atoms with E-state index in [2.05, 4.69) is 41.4 Å². The van der Waals surface area contributed by atoms with Crippen molar-refractivity contribution in [3.8, 4) is 0 Å². The fourth-order valence-corrected chi connectivity index (χ4v) is 4.20. The molecule has 2 fully saturated rings. The van der Waals surface area contributed by atoms with Gasteiger partial charge < -0.3 is 10.4 Å². The van der Waals surface area contributed by atoms with Crippen LogP contribution in [0.3, 0.4) is 0 Å². The summed E-state index contributed by atoms with van der Waals surface area (Å²) in [5, 5.41) is 13.6. The van der Waals surface area contributed by atoms with Crippen molar-refractivity contribution >= 4 is 5.91 Å². The standard InChI is InChI=1S/C20H30N2O2/c1-16-14-22(15-17-7-3-2-4-8-17)12-9-18(16)21-19(23)13-20(24)10-5-6-11-20/h2-4,7-8,16,18,24H,5-6,9-15H2,1H3,(H,21,23). The summed E-state index contributed by atoms with van der Waals surface area (Å²) in [5.74, 6) is 0.456. The highest BCUT2D eigenvalue weighted by atomic mass is 16.3. The number of piperidine rings is 1. The van der Waals surface area contributed by atoms with Crippen LogP contribution in [-0.4, -0.2) is 40.6 Å². The smallest absolute Gasteiger partial charge is 0.223 e. The molecule has 4 nitrogen and oxygen atoms in total. The zero-order chi connectivity index (χ0) is 17.0. The van der Waals surface area contributed by atoms with Crippen molar-refractivity contribution in [3.63, 3.8) is 0 Å². The van der Waals surface area contributed by atoms with Gasteiger partial charge in [-0.15, -0.1) is 0 Å². The fourth-order valence-electron chi connectivity index (χ4n) is 4.20. The van der Waals surface area contributed by atoms with Gasteiger partial charge >= 0.3 is 0 Å². The molecule has 4 heteroatoms. The number of likely N-dealkylation sites (tertiary alicyclic amines) is 1. The highest BCUT2D eigenvalue weighted by Crippen LogP contribution is 2.32. The Hall–Kier alpha value is -1.39. The molecular weight excluding hydrogens is 300 g/mol. The summed E-state index contributed by atoms with van der Waals surface area (Å²) in [4.78, 5) is 14.8. The van der Waals surface area contributed by atoms with Crippen LogP contribution in [0.25, 0.3) is 0 Å². The van der Waals surface area contributed by atoms with E-state index in [-0.39, 0.29) is 18.4 Å². The van der Waals surface area contributed by atoms with Crippen LogP contribution in [0.2, 0.25) is 0 Å². The molecule has 0 radical (unpaired) electrons. The molecule has 1 aromatic carbocycles. The molecule has 1 saturated heterocycles. The van der Waals surface area contributed by atoms with E-state index in [4.69, 9.17) is 0 Å². The monoisotopic (exact) mass is 330 g/mol. The van der Waals surface area contributed by atoms with E-state index in [1.807, 2.05) is 6.07 Å². The number of rotatable bonds is 5.